The number of nitrogens with two attached hydrogens (primary N) is 2. The van der Waals surface area contributed by atoms with Crippen LogP contribution >= 0.6 is 0 Å². The van der Waals surface area contributed by atoms with E-state index in [1.165, 1.54) is 30.5 Å². The number of anilines is 2. The molecule has 7 rings (SSSR count). The summed E-state index contributed by atoms with van der Waals surface area (Å²) in [4.78, 5) is 64.3. The van der Waals surface area contributed by atoms with E-state index < -0.39 is 89.9 Å². The number of rotatable bonds is 16. The molecule has 22 heteroatoms. The molecule has 5 heterocycles. The first-order valence-corrected chi connectivity index (χ1v) is 21.6. The third-order valence-electron chi connectivity index (χ3n) is 11.7. The predicted octanol–water partition coefficient (Wildman–Crippen LogP) is 1.35. The van der Waals surface area contributed by atoms with Crippen LogP contribution in [0.5, 0.6) is 5.75 Å². The highest BCUT2D eigenvalue weighted by molar-refractivity contribution is 5.88. The van der Waals surface area contributed by atoms with E-state index in [0.717, 1.165) is 4.57 Å². The van der Waals surface area contributed by atoms with E-state index >= 15 is 4.79 Å². The Bertz CT molecular complexity index is 2740. The van der Waals surface area contributed by atoms with Gasteiger partial charge < -0.3 is 56.2 Å². The summed E-state index contributed by atoms with van der Waals surface area (Å²) in [5.41, 5.74) is 13.1. The summed E-state index contributed by atoms with van der Waals surface area (Å²) in [5.74, 6) is -2.62. The first kappa shape index (κ1) is 48.1. The van der Waals surface area contributed by atoms with Crippen molar-refractivity contribution in [3.8, 4) is 17.1 Å². The lowest BCUT2D eigenvalue weighted by molar-refractivity contribution is -0.129. The molecule has 2 amide bonds. The van der Waals surface area contributed by atoms with Crippen LogP contribution in [0.15, 0.2) is 82.7 Å². The Morgan fingerprint density at radius 3 is 2.31 bits per heavy atom. The van der Waals surface area contributed by atoms with E-state index in [1.807, 2.05) is 20.8 Å². The largest absolute Gasteiger partial charge is 0.497 e. The molecule has 1 aliphatic rings. The van der Waals surface area contributed by atoms with E-state index in [9.17, 15) is 24.9 Å². The van der Waals surface area contributed by atoms with Gasteiger partial charge in [0.25, 0.3) is 5.56 Å². The summed E-state index contributed by atoms with van der Waals surface area (Å²) >= 11 is 0. The molecule has 2 aromatic carbocycles. The number of methoxy groups -OCH3 is 1. The Hall–Kier alpha value is -6.85. The van der Waals surface area contributed by atoms with Crippen LogP contribution in [0.4, 0.5) is 11.5 Å². The number of hydrogen-bond donors (Lipinski definition) is 7. The maximum Gasteiger partial charge on any atom is 0.277 e. The smallest absolute Gasteiger partial charge is 0.277 e. The normalized spacial score (nSPS) is 19.7. The van der Waals surface area contributed by atoms with Gasteiger partial charge in [-0.05, 0) is 23.6 Å². The number of hydrogen-bond acceptors (Lipinski definition) is 18. The lowest BCUT2D eigenvalue weighted by Gasteiger charge is -2.36. The van der Waals surface area contributed by atoms with Crippen molar-refractivity contribution in [2.45, 2.75) is 94.7 Å². The van der Waals surface area contributed by atoms with Gasteiger partial charge in [-0.25, -0.2) is 19.9 Å². The van der Waals surface area contributed by atoms with Gasteiger partial charge in [0.1, 0.15) is 41.8 Å². The van der Waals surface area contributed by atoms with Crippen LogP contribution in [0.3, 0.4) is 0 Å². The summed E-state index contributed by atoms with van der Waals surface area (Å²) < 4.78 is 20.0. The van der Waals surface area contributed by atoms with Crippen molar-refractivity contribution in [1.29, 1.82) is 0 Å². The zero-order chi connectivity index (χ0) is 48.5. The highest BCUT2D eigenvalue weighted by atomic mass is 16.5. The third kappa shape index (κ3) is 9.56. The van der Waals surface area contributed by atoms with Crippen molar-refractivity contribution in [3.63, 3.8) is 0 Å². The summed E-state index contributed by atoms with van der Waals surface area (Å²) in [6.07, 6.45) is -1.44. The number of imidazole rings is 1. The Morgan fingerprint density at radius 1 is 1.00 bits per heavy atom. The zero-order valence-corrected chi connectivity index (χ0v) is 38.4. The van der Waals surface area contributed by atoms with Gasteiger partial charge in [-0.1, -0.05) is 77.1 Å². The van der Waals surface area contributed by atoms with Crippen LogP contribution in [-0.2, 0) is 19.7 Å². The van der Waals surface area contributed by atoms with Crippen LogP contribution in [0.25, 0.3) is 22.6 Å². The van der Waals surface area contributed by atoms with Crippen LogP contribution in [0, 0.1) is 5.92 Å². The number of aliphatic hydroxyl groups is 3. The van der Waals surface area contributed by atoms with E-state index in [-0.39, 0.29) is 23.3 Å². The van der Waals surface area contributed by atoms with Crippen molar-refractivity contribution in [2.24, 2.45) is 11.7 Å². The molecule has 0 radical (unpaired) electrons. The molecule has 1 saturated heterocycles. The molecule has 0 saturated carbocycles. The molecular weight excluding hydrogens is 867 g/mol. The van der Waals surface area contributed by atoms with Crippen LogP contribution in [0.1, 0.15) is 76.3 Å². The van der Waals surface area contributed by atoms with Crippen molar-refractivity contribution in [2.75, 3.05) is 38.4 Å². The molecule has 1 aliphatic heterocycles. The van der Waals surface area contributed by atoms with Crippen molar-refractivity contribution >= 4 is 34.5 Å². The van der Waals surface area contributed by atoms with Crippen LogP contribution in [-0.4, -0.2) is 125 Å². The highest BCUT2D eigenvalue weighted by Gasteiger charge is 2.48. The molecule has 4 aromatic heterocycles. The highest BCUT2D eigenvalue weighted by Crippen LogP contribution is 2.38. The molecule has 9 N–H and O–H groups in total. The van der Waals surface area contributed by atoms with Gasteiger partial charge in [-0.15, -0.1) is 10.2 Å². The Labute approximate surface area is 385 Å². The Morgan fingerprint density at radius 2 is 1.70 bits per heavy atom. The van der Waals surface area contributed by atoms with E-state index in [1.54, 1.807) is 87.4 Å². The van der Waals surface area contributed by atoms with E-state index in [2.05, 4.69) is 40.8 Å². The lowest BCUT2D eigenvalue weighted by atomic mass is 9.83. The molecule has 9 atom stereocenters. The second kappa shape index (κ2) is 19.5. The second-order valence-corrected chi connectivity index (χ2v) is 18.0. The molecule has 9 unspecified atom stereocenters. The second-order valence-electron chi connectivity index (χ2n) is 18.0. The van der Waals surface area contributed by atoms with Gasteiger partial charge in [-0.3, -0.25) is 23.5 Å². The maximum absolute atomic E-state index is 15.5. The van der Waals surface area contributed by atoms with E-state index in [0.29, 0.717) is 33.9 Å². The number of carbonyl (C=O) groups excluding carboxylic acids is 2. The minimum absolute atomic E-state index is 0.0102. The summed E-state index contributed by atoms with van der Waals surface area (Å²) in [6, 6.07) is 9.16. The Kier molecular flexibility index (Phi) is 14.0. The minimum atomic E-state index is -1.73. The van der Waals surface area contributed by atoms with Gasteiger partial charge >= 0.3 is 0 Å². The summed E-state index contributed by atoms with van der Waals surface area (Å²) in [6.45, 7) is 8.48. The zero-order valence-electron chi connectivity index (χ0n) is 38.4. The number of nitrogens with one attached hydrogen (secondary N) is 2. The van der Waals surface area contributed by atoms with Crippen molar-refractivity contribution < 1.29 is 38.8 Å². The molecular formula is C45H57N13O9. The molecule has 6 aromatic rings. The third-order valence-corrected chi connectivity index (χ3v) is 11.7. The predicted molar refractivity (Wildman–Crippen MR) is 244 cm³/mol. The molecule has 356 valence electrons. The Balaban J connectivity index is 1.33. The molecule has 1 fully saturated rings. The number of fused-ring (bicyclic) bond motifs is 1. The van der Waals surface area contributed by atoms with Crippen molar-refractivity contribution in [3.05, 3.63) is 101 Å². The quantitative estimate of drug-likeness (QED) is 0.0720. The standard InChI is InChI=1S/C45H57N13O9/c1-22(2)30(34(60)41-54-55-44(67-41)45(3,4)5)52-40(63)33(58-36(24-12-10-9-11-13-24)48-18-26(46)42(58)64)28(23-14-16-25(65-8)17-15-23)29(47)39(62)53-31-27(19-59)66-43(35(31)61)57-21-51-32-37(56(6)7)49-20-50-38(32)57/h9-18,20-22,27-31,33-35,43,59-61H,19,46-47H2,1-8H3,(H,52,63)(H,53,62). The van der Waals surface area contributed by atoms with Crippen molar-refractivity contribution in [1.82, 2.24) is 49.9 Å². The fraction of sp³-hybridized carbons (Fsp3) is 0.444. The minimum Gasteiger partial charge on any atom is -0.497 e. The first-order chi connectivity index (χ1) is 31.9. The SMILES string of the molecule is COc1ccc(C(C(N)C(=O)NC2C(CO)OC(n3cnc4c(N(C)C)ncnc43)C2O)C(C(=O)NC(C(C)C)C(O)c2nnc(C(C)(C)C)o2)n2c(-c3ccccc3)ncc(N)c2=O)cc1. The topological polar surface area (TPSA) is 310 Å². The average molecular weight is 924 g/mol. The number of ether oxygens (including phenoxy) is 2. The van der Waals surface area contributed by atoms with Crippen LogP contribution in [0.2, 0.25) is 0 Å². The summed E-state index contributed by atoms with van der Waals surface area (Å²) in [5, 5.41) is 48.2. The van der Waals surface area contributed by atoms with Crippen LogP contribution < -0.4 is 37.3 Å². The fourth-order valence-corrected chi connectivity index (χ4v) is 8.15. The lowest BCUT2D eigenvalue weighted by Crippen LogP contribution is -2.57. The number of carbonyl (C=O) groups is 2. The van der Waals surface area contributed by atoms with E-state index in [4.69, 9.17) is 25.4 Å². The number of nitrogen functional groups attached to an aromatic ring is 1. The maximum atomic E-state index is 15.5. The first-order valence-electron chi connectivity index (χ1n) is 21.6. The molecule has 22 nitrogen and oxygen atoms in total. The van der Waals surface area contributed by atoms with Gasteiger partial charge in [-0.2, -0.15) is 0 Å². The molecule has 0 aliphatic carbocycles. The monoisotopic (exact) mass is 923 g/mol. The van der Waals surface area contributed by atoms with Gasteiger partial charge in [0.2, 0.25) is 23.6 Å². The number of benzene rings is 2. The van der Waals surface area contributed by atoms with Gasteiger partial charge in [0.15, 0.2) is 29.3 Å². The molecule has 0 spiro atoms. The summed E-state index contributed by atoms with van der Waals surface area (Å²) in [7, 11) is 5.05. The van der Waals surface area contributed by atoms with Gasteiger partial charge in [0.05, 0.1) is 44.4 Å². The molecule has 0 bridgehead atoms. The number of aliphatic hydroxyl groups excluding tert-OH is 3. The number of aromatic nitrogens is 8. The molecule has 67 heavy (non-hydrogen) atoms. The number of amides is 2. The average Bonchev–Trinajstić information content (AvgIpc) is 4.06. The van der Waals surface area contributed by atoms with Gasteiger partial charge in [0, 0.05) is 31.0 Å². The number of nitrogens with zero attached hydrogens (tertiary/aromatic N) is 9. The fourth-order valence-electron chi connectivity index (χ4n) is 8.15.